The van der Waals surface area contributed by atoms with Crippen LogP contribution in [0.1, 0.15) is 30.7 Å². The van der Waals surface area contributed by atoms with Gasteiger partial charge in [-0.25, -0.2) is 0 Å². The van der Waals surface area contributed by atoms with Gasteiger partial charge in [0.2, 0.25) is 17.6 Å². The molecule has 8 heteroatoms. The Morgan fingerprint density at radius 2 is 2.26 bits per heavy atom. The third-order valence-corrected chi connectivity index (χ3v) is 4.06. The van der Waals surface area contributed by atoms with E-state index in [1.54, 1.807) is 11.0 Å². The number of nitro groups is 1. The highest BCUT2D eigenvalue weighted by atomic mass is 16.6. The van der Waals surface area contributed by atoms with Crippen molar-refractivity contribution in [1.29, 1.82) is 0 Å². The van der Waals surface area contributed by atoms with Gasteiger partial charge in [-0.2, -0.15) is 4.98 Å². The number of amides is 1. The number of non-ortho nitro benzene ring substituents is 1. The first-order valence-corrected chi connectivity index (χ1v) is 7.36. The quantitative estimate of drug-likeness (QED) is 0.633. The highest BCUT2D eigenvalue weighted by Crippen LogP contribution is 2.30. The summed E-state index contributed by atoms with van der Waals surface area (Å²) in [5, 5.41) is 14.8. The zero-order valence-electron chi connectivity index (χ0n) is 12.9. The van der Waals surface area contributed by atoms with Gasteiger partial charge in [-0.3, -0.25) is 14.9 Å². The number of nitro benzene ring substituents is 1. The Kier molecular flexibility index (Phi) is 3.81. The third kappa shape index (κ3) is 2.79. The van der Waals surface area contributed by atoms with Crippen LogP contribution in [0.3, 0.4) is 0 Å². The monoisotopic (exact) mass is 316 g/mol. The highest BCUT2D eigenvalue weighted by molar-refractivity contribution is 5.79. The van der Waals surface area contributed by atoms with Gasteiger partial charge in [-0.15, -0.1) is 0 Å². The van der Waals surface area contributed by atoms with Gasteiger partial charge in [0.1, 0.15) is 0 Å². The number of nitrogens with zero attached hydrogens (tertiary/aromatic N) is 4. The van der Waals surface area contributed by atoms with Gasteiger partial charge in [-0.1, -0.05) is 11.2 Å². The van der Waals surface area contributed by atoms with Crippen molar-refractivity contribution in [2.45, 2.75) is 26.2 Å². The lowest BCUT2D eigenvalue weighted by atomic mass is 10.1. The van der Waals surface area contributed by atoms with Crippen molar-refractivity contribution in [2.75, 3.05) is 13.1 Å². The van der Waals surface area contributed by atoms with Crippen LogP contribution in [-0.4, -0.2) is 39.0 Å². The molecule has 1 fully saturated rings. The molecule has 0 N–H and O–H groups in total. The maximum Gasteiger partial charge on any atom is 0.270 e. The molecule has 0 aliphatic carbocycles. The van der Waals surface area contributed by atoms with Crippen LogP contribution in [-0.2, 0) is 4.79 Å². The molecule has 2 aromatic rings. The molecule has 23 heavy (non-hydrogen) atoms. The van der Waals surface area contributed by atoms with E-state index in [2.05, 4.69) is 10.1 Å². The molecule has 1 aliphatic heterocycles. The molecule has 0 unspecified atom stereocenters. The van der Waals surface area contributed by atoms with Crippen LogP contribution in [0.25, 0.3) is 11.4 Å². The fourth-order valence-corrected chi connectivity index (χ4v) is 2.72. The van der Waals surface area contributed by atoms with Gasteiger partial charge < -0.3 is 9.42 Å². The van der Waals surface area contributed by atoms with E-state index in [1.807, 2.05) is 13.8 Å². The lowest BCUT2D eigenvalue weighted by Crippen LogP contribution is -2.24. The van der Waals surface area contributed by atoms with Crippen molar-refractivity contribution in [2.24, 2.45) is 0 Å². The fourth-order valence-electron chi connectivity index (χ4n) is 2.72. The molecule has 1 saturated heterocycles. The molecule has 0 saturated carbocycles. The van der Waals surface area contributed by atoms with Crippen LogP contribution < -0.4 is 0 Å². The van der Waals surface area contributed by atoms with Crippen molar-refractivity contribution < 1.29 is 14.2 Å². The number of aromatic nitrogens is 2. The van der Waals surface area contributed by atoms with E-state index in [4.69, 9.17) is 4.52 Å². The Labute approximate surface area is 132 Å². The first-order chi connectivity index (χ1) is 11.0. The number of likely N-dealkylation sites (N-methyl/N-ethyl adjacent to an activating group) is 1. The Morgan fingerprint density at radius 3 is 2.91 bits per heavy atom. The summed E-state index contributed by atoms with van der Waals surface area (Å²) in [6, 6.07) is 4.53. The number of hydrogen-bond donors (Lipinski definition) is 0. The second kappa shape index (κ2) is 5.79. The minimum Gasteiger partial charge on any atom is -0.342 e. The average molecular weight is 316 g/mol. The van der Waals surface area contributed by atoms with E-state index in [0.29, 0.717) is 36.8 Å². The molecule has 120 valence electrons. The minimum absolute atomic E-state index is 0.0230. The summed E-state index contributed by atoms with van der Waals surface area (Å²) in [6.45, 7) is 4.96. The Balaban J connectivity index is 1.89. The summed E-state index contributed by atoms with van der Waals surface area (Å²) in [7, 11) is 0. The van der Waals surface area contributed by atoms with Gasteiger partial charge in [0.05, 0.1) is 10.8 Å². The minimum atomic E-state index is -0.460. The maximum absolute atomic E-state index is 11.8. The Hall–Kier alpha value is -2.77. The predicted molar refractivity (Wildman–Crippen MR) is 80.7 cm³/mol. The van der Waals surface area contributed by atoms with Gasteiger partial charge >= 0.3 is 0 Å². The molecule has 2 heterocycles. The Morgan fingerprint density at radius 1 is 1.48 bits per heavy atom. The second-order valence-electron chi connectivity index (χ2n) is 5.55. The molecule has 1 aliphatic rings. The van der Waals surface area contributed by atoms with Gasteiger partial charge in [0.15, 0.2) is 0 Å². The SMILES string of the molecule is CCN1C[C@@H](c2nc(-c3cc([N+](=O)[O-])ccc3C)no2)CC1=O. The van der Waals surface area contributed by atoms with Crippen molar-refractivity contribution in [3.63, 3.8) is 0 Å². The van der Waals surface area contributed by atoms with Crippen LogP contribution >= 0.6 is 0 Å². The Bertz CT molecular complexity index is 771. The molecule has 0 radical (unpaired) electrons. The topological polar surface area (TPSA) is 102 Å². The number of aryl methyl sites for hydroxylation is 1. The molecular weight excluding hydrogens is 300 g/mol. The van der Waals surface area contributed by atoms with E-state index in [1.165, 1.54) is 12.1 Å². The molecule has 1 aromatic carbocycles. The summed E-state index contributed by atoms with van der Waals surface area (Å²) in [5.74, 6) is 0.658. The summed E-state index contributed by atoms with van der Waals surface area (Å²) >= 11 is 0. The number of rotatable bonds is 4. The molecular formula is C15H16N4O4. The lowest BCUT2D eigenvalue weighted by Gasteiger charge is -2.11. The van der Waals surface area contributed by atoms with Crippen LogP contribution in [0.2, 0.25) is 0 Å². The van der Waals surface area contributed by atoms with Crippen molar-refractivity contribution in [1.82, 2.24) is 15.0 Å². The molecule has 8 nitrogen and oxygen atoms in total. The van der Waals surface area contributed by atoms with Crippen LogP contribution in [0.4, 0.5) is 5.69 Å². The largest absolute Gasteiger partial charge is 0.342 e. The normalized spacial score (nSPS) is 17.7. The van der Waals surface area contributed by atoms with E-state index in [-0.39, 0.29) is 17.5 Å². The van der Waals surface area contributed by atoms with E-state index < -0.39 is 4.92 Å². The van der Waals surface area contributed by atoms with Gasteiger partial charge in [-0.05, 0) is 19.4 Å². The molecule has 0 bridgehead atoms. The predicted octanol–water partition coefficient (Wildman–Crippen LogP) is 2.29. The number of hydrogen-bond acceptors (Lipinski definition) is 6. The molecule has 1 aromatic heterocycles. The third-order valence-electron chi connectivity index (χ3n) is 4.06. The van der Waals surface area contributed by atoms with Crippen LogP contribution in [0.15, 0.2) is 22.7 Å². The lowest BCUT2D eigenvalue weighted by molar-refractivity contribution is -0.384. The number of carbonyl (C=O) groups excluding carboxylic acids is 1. The van der Waals surface area contributed by atoms with Gasteiger partial charge in [0.25, 0.3) is 5.69 Å². The average Bonchev–Trinajstić information content (AvgIpc) is 3.13. The van der Waals surface area contributed by atoms with E-state index in [9.17, 15) is 14.9 Å². The highest BCUT2D eigenvalue weighted by Gasteiger charge is 2.33. The first kappa shape index (κ1) is 15.1. The smallest absolute Gasteiger partial charge is 0.270 e. The van der Waals surface area contributed by atoms with Crippen molar-refractivity contribution in [3.8, 4) is 11.4 Å². The molecule has 1 amide bonds. The molecule has 3 rings (SSSR count). The number of benzene rings is 1. The maximum atomic E-state index is 11.8. The summed E-state index contributed by atoms with van der Waals surface area (Å²) in [5.41, 5.74) is 1.36. The number of likely N-dealkylation sites (tertiary alicyclic amines) is 1. The zero-order valence-corrected chi connectivity index (χ0v) is 12.9. The fraction of sp³-hybridized carbons (Fsp3) is 0.400. The summed E-state index contributed by atoms with van der Waals surface area (Å²) in [4.78, 5) is 28.3. The summed E-state index contributed by atoms with van der Waals surface area (Å²) < 4.78 is 5.29. The van der Waals surface area contributed by atoms with E-state index in [0.717, 1.165) is 5.56 Å². The molecule has 0 spiro atoms. The van der Waals surface area contributed by atoms with Crippen molar-refractivity contribution in [3.05, 3.63) is 39.8 Å². The second-order valence-corrected chi connectivity index (χ2v) is 5.55. The first-order valence-electron chi connectivity index (χ1n) is 7.36. The van der Waals surface area contributed by atoms with Gasteiger partial charge in [0, 0.05) is 37.2 Å². The number of carbonyl (C=O) groups is 1. The van der Waals surface area contributed by atoms with Crippen LogP contribution in [0, 0.1) is 17.0 Å². The molecule has 1 atom stereocenters. The summed E-state index contributed by atoms with van der Waals surface area (Å²) in [6.07, 6.45) is 0.351. The standard InChI is InChI=1S/C15H16N4O4/c1-3-18-8-10(6-13(18)20)15-16-14(17-23-15)12-7-11(19(21)22)5-4-9(12)2/h4-5,7,10H,3,6,8H2,1-2H3/t10-/m0/s1. The van der Waals surface area contributed by atoms with Crippen molar-refractivity contribution >= 4 is 11.6 Å². The van der Waals surface area contributed by atoms with Crippen LogP contribution in [0.5, 0.6) is 0 Å². The zero-order chi connectivity index (χ0) is 16.6. The van der Waals surface area contributed by atoms with E-state index >= 15 is 0 Å².